The molecule has 0 amide bonds. The molecule has 0 saturated carbocycles. The van der Waals surface area contributed by atoms with Gasteiger partial charge < -0.3 is 10.5 Å². The normalized spacial score (nSPS) is 10.1. The molecule has 2 aromatic heterocycles. The Balaban J connectivity index is 2.58. The van der Waals surface area contributed by atoms with Crippen molar-refractivity contribution in [3.05, 3.63) is 36.2 Å². The number of pyridine rings is 2. The molecule has 2 N–H and O–H groups in total. The fourth-order valence-corrected chi connectivity index (χ4v) is 1.51. The SMILES string of the molecule is COc1ccc(C)nc1-c1ccnc(N)c1. The average Bonchev–Trinajstić information content (AvgIpc) is 2.29. The van der Waals surface area contributed by atoms with Crippen molar-refractivity contribution in [2.45, 2.75) is 6.92 Å². The van der Waals surface area contributed by atoms with Crippen molar-refractivity contribution in [3.8, 4) is 17.0 Å². The van der Waals surface area contributed by atoms with Crippen molar-refractivity contribution in [2.24, 2.45) is 0 Å². The maximum absolute atomic E-state index is 5.65. The lowest BCUT2D eigenvalue weighted by Crippen LogP contribution is -1.95. The molecular weight excluding hydrogens is 202 g/mol. The van der Waals surface area contributed by atoms with Gasteiger partial charge in [-0.1, -0.05) is 0 Å². The van der Waals surface area contributed by atoms with Gasteiger partial charge in [-0.2, -0.15) is 0 Å². The van der Waals surface area contributed by atoms with Crippen molar-refractivity contribution >= 4 is 5.82 Å². The second-order valence-electron chi connectivity index (χ2n) is 3.47. The number of hydrogen-bond acceptors (Lipinski definition) is 4. The summed E-state index contributed by atoms with van der Waals surface area (Å²) in [7, 11) is 1.63. The van der Waals surface area contributed by atoms with Crippen molar-refractivity contribution < 1.29 is 4.74 Å². The molecule has 2 heterocycles. The van der Waals surface area contributed by atoms with Crippen LogP contribution >= 0.6 is 0 Å². The van der Waals surface area contributed by atoms with Crippen LogP contribution in [0.5, 0.6) is 5.75 Å². The molecule has 0 spiro atoms. The zero-order valence-electron chi connectivity index (χ0n) is 9.27. The number of rotatable bonds is 2. The molecule has 2 aromatic rings. The lowest BCUT2D eigenvalue weighted by Gasteiger charge is -2.08. The fourth-order valence-electron chi connectivity index (χ4n) is 1.51. The van der Waals surface area contributed by atoms with Gasteiger partial charge >= 0.3 is 0 Å². The Morgan fingerprint density at radius 3 is 2.75 bits per heavy atom. The van der Waals surface area contributed by atoms with E-state index in [2.05, 4.69) is 9.97 Å². The Morgan fingerprint density at radius 2 is 2.06 bits per heavy atom. The molecule has 16 heavy (non-hydrogen) atoms. The summed E-state index contributed by atoms with van der Waals surface area (Å²) in [6.07, 6.45) is 1.66. The first-order valence-corrected chi connectivity index (χ1v) is 4.94. The van der Waals surface area contributed by atoms with Crippen molar-refractivity contribution in [1.82, 2.24) is 9.97 Å². The number of hydrogen-bond donors (Lipinski definition) is 1. The lowest BCUT2D eigenvalue weighted by atomic mass is 10.1. The smallest absolute Gasteiger partial charge is 0.145 e. The molecule has 0 aliphatic heterocycles. The van der Waals surface area contributed by atoms with Gasteiger partial charge in [0, 0.05) is 17.5 Å². The first-order valence-electron chi connectivity index (χ1n) is 4.94. The van der Waals surface area contributed by atoms with E-state index >= 15 is 0 Å². The Hall–Kier alpha value is -2.10. The molecule has 4 heteroatoms. The van der Waals surface area contributed by atoms with Crippen molar-refractivity contribution in [2.75, 3.05) is 12.8 Å². The number of ether oxygens (including phenoxy) is 1. The molecule has 0 radical (unpaired) electrons. The number of methoxy groups -OCH3 is 1. The molecule has 0 unspecified atom stereocenters. The van der Waals surface area contributed by atoms with Crippen LogP contribution in [0.4, 0.5) is 5.82 Å². The van der Waals surface area contributed by atoms with E-state index in [1.54, 1.807) is 19.4 Å². The van der Waals surface area contributed by atoms with Crippen LogP contribution in [-0.2, 0) is 0 Å². The van der Waals surface area contributed by atoms with Gasteiger partial charge in [-0.3, -0.25) is 0 Å². The molecule has 2 rings (SSSR count). The third-order valence-electron chi connectivity index (χ3n) is 2.27. The number of aromatic nitrogens is 2. The highest BCUT2D eigenvalue weighted by molar-refractivity contribution is 5.68. The summed E-state index contributed by atoms with van der Waals surface area (Å²) in [5, 5.41) is 0. The third-order valence-corrected chi connectivity index (χ3v) is 2.27. The Labute approximate surface area is 94.1 Å². The second-order valence-corrected chi connectivity index (χ2v) is 3.47. The van der Waals surface area contributed by atoms with E-state index in [0.717, 1.165) is 22.7 Å². The molecule has 4 nitrogen and oxygen atoms in total. The van der Waals surface area contributed by atoms with Crippen molar-refractivity contribution in [3.63, 3.8) is 0 Å². The number of nitrogens with two attached hydrogens (primary N) is 1. The van der Waals surface area contributed by atoms with Crippen LogP contribution in [0, 0.1) is 6.92 Å². The van der Waals surface area contributed by atoms with E-state index in [-0.39, 0.29) is 0 Å². The summed E-state index contributed by atoms with van der Waals surface area (Å²) >= 11 is 0. The number of nitrogen functional groups attached to an aromatic ring is 1. The molecule has 0 atom stereocenters. The molecule has 0 aliphatic carbocycles. The van der Waals surface area contributed by atoms with Crippen LogP contribution in [0.25, 0.3) is 11.3 Å². The van der Waals surface area contributed by atoms with Crippen LogP contribution in [0.1, 0.15) is 5.69 Å². The second kappa shape index (κ2) is 4.18. The molecule has 0 bridgehead atoms. The number of aryl methyl sites for hydroxylation is 1. The zero-order valence-corrected chi connectivity index (χ0v) is 9.27. The highest BCUT2D eigenvalue weighted by Crippen LogP contribution is 2.28. The van der Waals surface area contributed by atoms with Gasteiger partial charge in [-0.15, -0.1) is 0 Å². The Kier molecular flexibility index (Phi) is 2.72. The maximum atomic E-state index is 5.65. The molecule has 82 valence electrons. The first kappa shape index (κ1) is 10.4. The van der Waals surface area contributed by atoms with Crippen LogP contribution in [0.15, 0.2) is 30.5 Å². The summed E-state index contributed by atoms with van der Waals surface area (Å²) in [5.41, 5.74) is 8.28. The van der Waals surface area contributed by atoms with Gasteiger partial charge in [-0.05, 0) is 31.2 Å². The minimum absolute atomic E-state index is 0.475. The molecule has 0 saturated heterocycles. The summed E-state index contributed by atoms with van der Waals surface area (Å²) in [5.74, 6) is 1.21. The average molecular weight is 215 g/mol. The van der Waals surface area contributed by atoms with Crippen LogP contribution in [0.3, 0.4) is 0 Å². The summed E-state index contributed by atoms with van der Waals surface area (Å²) < 4.78 is 5.27. The highest BCUT2D eigenvalue weighted by atomic mass is 16.5. The largest absolute Gasteiger partial charge is 0.494 e. The van der Waals surface area contributed by atoms with E-state index in [0.29, 0.717) is 5.82 Å². The van der Waals surface area contributed by atoms with Crippen LogP contribution < -0.4 is 10.5 Å². The topological polar surface area (TPSA) is 61.0 Å². The van der Waals surface area contributed by atoms with Crippen LogP contribution in [0.2, 0.25) is 0 Å². The third kappa shape index (κ3) is 1.95. The predicted octanol–water partition coefficient (Wildman–Crippen LogP) is 2.04. The van der Waals surface area contributed by atoms with Crippen molar-refractivity contribution in [1.29, 1.82) is 0 Å². The Morgan fingerprint density at radius 1 is 1.25 bits per heavy atom. The van der Waals surface area contributed by atoms with E-state index in [1.807, 2.05) is 25.1 Å². The first-order chi connectivity index (χ1) is 7.70. The molecule has 0 fully saturated rings. The van der Waals surface area contributed by atoms with Gasteiger partial charge in [0.25, 0.3) is 0 Å². The molecular formula is C12H13N3O. The van der Waals surface area contributed by atoms with Gasteiger partial charge in [0.15, 0.2) is 0 Å². The molecule has 0 aliphatic rings. The minimum atomic E-state index is 0.475. The summed E-state index contributed by atoms with van der Waals surface area (Å²) in [6.45, 7) is 1.94. The zero-order chi connectivity index (χ0) is 11.5. The maximum Gasteiger partial charge on any atom is 0.145 e. The summed E-state index contributed by atoms with van der Waals surface area (Å²) in [6, 6.07) is 7.45. The van der Waals surface area contributed by atoms with E-state index in [1.165, 1.54) is 0 Å². The van der Waals surface area contributed by atoms with E-state index in [4.69, 9.17) is 10.5 Å². The monoisotopic (exact) mass is 215 g/mol. The fraction of sp³-hybridized carbons (Fsp3) is 0.167. The van der Waals surface area contributed by atoms with Crippen LogP contribution in [-0.4, -0.2) is 17.1 Å². The molecule has 0 aromatic carbocycles. The van der Waals surface area contributed by atoms with Gasteiger partial charge in [0.05, 0.1) is 7.11 Å². The number of anilines is 1. The van der Waals surface area contributed by atoms with Gasteiger partial charge in [-0.25, -0.2) is 9.97 Å². The van der Waals surface area contributed by atoms with Gasteiger partial charge in [0.2, 0.25) is 0 Å². The minimum Gasteiger partial charge on any atom is -0.494 e. The predicted molar refractivity (Wildman–Crippen MR) is 63.2 cm³/mol. The van der Waals surface area contributed by atoms with E-state index < -0.39 is 0 Å². The highest BCUT2D eigenvalue weighted by Gasteiger charge is 2.08. The lowest BCUT2D eigenvalue weighted by molar-refractivity contribution is 0.414. The van der Waals surface area contributed by atoms with E-state index in [9.17, 15) is 0 Å². The quantitative estimate of drug-likeness (QED) is 0.832. The van der Waals surface area contributed by atoms with Gasteiger partial charge in [0.1, 0.15) is 17.3 Å². The Bertz CT molecular complexity index is 511. The standard InChI is InChI=1S/C12H13N3O/c1-8-3-4-10(16-2)12(15-8)9-5-6-14-11(13)7-9/h3-7H,1-2H3,(H2,13,14). The number of nitrogens with zero attached hydrogens (tertiary/aromatic N) is 2. The summed E-state index contributed by atoms with van der Waals surface area (Å²) in [4.78, 5) is 8.40.